The van der Waals surface area contributed by atoms with Gasteiger partial charge in [-0.3, -0.25) is 9.78 Å². The van der Waals surface area contributed by atoms with Gasteiger partial charge in [-0.2, -0.15) is 0 Å². The molecular weight excluding hydrogens is 433 g/mol. The van der Waals surface area contributed by atoms with Crippen LogP contribution in [0.15, 0.2) is 54.7 Å². The fraction of sp³-hybridized carbons (Fsp3) is 0.357. The summed E-state index contributed by atoms with van der Waals surface area (Å²) in [6.45, 7) is 1.80. The topological polar surface area (TPSA) is 68.7 Å². The van der Waals surface area contributed by atoms with Crippen LogP contribution in [0.2, 0.25) is 0 Å². The fourth-order valence-electron chi connectivity index (χ4n) is 4.99. The molecular formula is C28H28FNO4. The number of aliphatic carboxylic acids is 1. The molecule has 1 fully saturated rings. The largest absolute Gasteiger partial charge is 0.497 e. The van der Waals surface area contributed by atoms with Crippen LogP contribution < -0.4 is 9.47 Å². The van der Waals surface area contributed by atoms with Gasteiger partial charge in [0.15, 0.2) is 0 Å². The summed E-state index contributed by atoms with van der Waals surface area (Å²) in [6.07, 6.45) is 5.27. The summed E-state index contributed by atoms with van der Waals surface area (Å²) < 4.78 is 25.9. The second kappa shape index (κ2) is 9.09. The standard InChI is InChI=1S/C28H28FNO4/c1-16(28(31)32)27(18-4-5-18)19-6-3-17-8-12-25(34-26(17)13-19)24-11-7-20(15-30-24)22-14-21(33-2)9-10-23(22)29/h3,6-7,9-11,13-16,18,25,27H,4-5,8,12H2,1-2H3,(H,31,32). The summed E-state index contributed by atoms with van der Waals surface area (Å²) in [7, 11) is 1.55. The van der Waals surface area contributed by atoms with Crippen molar-refractivity contribution in [3.05, 3.63) is 77.4 Å². The van der Waals surface area contributed by atoms with Crippen molar-refractivity contribution in [2.75, 3.05) is 7.11 Å². The quantitative estimate of drug-likeness (QED) is 0.455. The molecule has 0 amide bonds. The van der Waals surface area contributed by atoms with E-state index in [2.05, 4.69) is 17.1 Å². The van der Waals surface area contributed by atoms with Crippen LogP contribution in [-0.4, -0.2) is 23.2 Å². The lowest BCUT2D eigenvalue weighted by molar-refractivity contribution is -0.142. The summed E-state index contributed by atoms with van der Waals surface area (Å²) in [6, 6.07) is 14.6. The lowest BCUT2D eigenvalue weighted by Crippen LogP contribution is -2.21. The molecule has 2 aliphatic rings. The monoisotopic (exact) mass is 461 g/mol. The van der Waals surface area contributed by atoms with Gasteiger partial charge in [0.1, 0.15) is 23.4 Å². The Balaban J connectivity index is 1.37. The van der Waals surface area contributed by atoms with Crippen molar-refractivity contribution in [2.24, 2.45) is 11.8 Å². The Hall–Kier alpha value is -3.41. The predicted molar refractivity (Wildman–Crippen MR) is 127 cm³/mol. The van der Waals surface area contributed by atoms with Gasteiger partial charge in [-0.15, -0.1) is 0 Å². The summed E-state index contributed by atoms with van der Waals surface area (Å²) in [5.74, 6) is 0.302. The lowest BCUT2D eigenvalue weighted by atomic mass is 9.82. The van der Waals surface area contributed by atoms with Crippen LogP contribution in [0, 0.1) is 17.7 Å². The number of aromatic nitrogens is 1. The van der Waals surface area contributed by atoms with Gasteiger partial charge >= 0.3 is 5.97 Å². The van der Waals surface area contributed by atoms with Gasteiger partial charge in [0.25, 0.3) is 0 Å². The van der Waals surface area contributed by atoms with E-state index >= 15 is 0 Å². The van der Waals surface area contributed by atoms with Crippen LogP contribution in [0.5, 0.6) is 11.5 Å². The number of carboxylic acid groups (broad SMARTS) is 1. The Kier molecular flexibility index (Phi) is 5.98. The molecule has 3 unspecified atom stereocenters. The molecule has 1 saturated carbocycles. The summed E-state index contributed by atoms with van der Waals surface area (Å²) in [5.41, 5.74) is 4.08. The molecule has 2 heterocycles. The van der Waals surface area contributed by atoms with Gasteiger partial charge in [-0.1, -0.05) is 25.1 Å². The second-order valence-corrected chi connectivity index (χ2v) is 9.32. The number of ether oxygens (including phenoxy) is 2. The minimum atomic E-state index is -0.759. The van der Waals surface area contributed by atoms with Gasteiger partial charge in [-0.05, 0) is 79.0 Å². The third-order valence-electron chi connectivity index (χ3n) is 7.08. The molecule has 3 aromatic rings. The maximum atomic E-state index is 14.3. The predicted octanol–water partition coefficient (Wildman–Crippen LogP) is 6.18. The van der Waals surface area contributed by atoms with Crippen molar-refractivity contribution in [3.63, 3.8) is 0 Å². The number of pyridine rings is 1. The smallest absolute Gasteiger partial charge is 0.306 e. The van der Waals surface area contributed by atoms with E-state index in [1.54, 1.807) is 32.4 Å². The van der Waals surface area contributed by atoms with E-state index in [-0.39, 0.29) is 17.8 Å². The number of benzene rings is 2. The van der Waals surface area contributed by atoms with Crippen molar-refractivity contribution in [1.29, 1.82) is 0 Å². The van der Waals surface area contributed by atoms with Gasteiger partial charge < -0.3 is 14.6 Å². The first-order chi connectivity index (χ1) is 16.4. The molecule has 5 rings (SSSR count). The van der Waals surface area contributed by atoms with E-state index in [1.165, 1.54) is 6.07 Å². The first kappa shape index (κ1) is 22.4. The van der Waals surface area contributed by atoms with Gasteiger partial charge in [0.05, 0.1) is 18.7 Å². The SMILES string of the molecule is COc1ccc(F)c(-c2ccc(C3CCc4ccc(C(C5CC5)C(C)C(=O)O)cc4O3)nc2)c1. The van der Waals surface area contributed by atoms with Gasteiger partial charge in [0, 0.05) is 17.3 Å². The van der Waals surface area contributed by atoms with Crippen molar-refractivity contribution >= 4 is 5.97 Å². The van der Waals surface area contributed by atoms with E-state index in [0.717, 1.165) is 48.3 Å². The molecule has 1 aromatic heterocycles. The highest BCUT2D eigenvalue weighted by molar-refractivity contribution is 5.71. The molecule has 34 heavy (non-hydrogen) atoms. The van der Waals surface area contributed by atoms with Gasteiger partial charge in [-0.25, -0.2) is 4.39 Å². The van der Waals surface area contributed by atoms with Crippen LogP contribution in [0.1, 0.15) is 55.0 Å². The zero-order chi connectivity index (χ0) is 23.8. The molecule has 6 heteroatoms. The first-order valence-electron chi connectivity index (χ1n) is 11.8. The second-order valence-electron chi connectivity index (χ2n) is 9.32. The molecule has 1 aliphatic carbocycles. The number of carboxylic acids is 1. The van der Waals surface area contributed by atoms with Crippen molar-refractivity contribution < 1.29 is 23.8 Å². The van der Waals surface area contributed by atoms with E-state index in [4.69, 9.17) is 9.47 Å². The molecule has 0 radical (unpaired) electrons. The highest BCUT2D eigenvalue weighted by Gasteiger charge is 2.39. The van der Waals surface area contributed by atoms with Crippen molar-refractivity contribution in [2.45, 2.75) is 44.6 Å². The average Bonchev–Trinajstić information content (AvgIpc) is 3.69. The Morgan fingerprint density at radius 2 is 1.97 bits per heavy atom. The van der Waals surface area contributed by atoms with E-state index in [9.17, 15) is 14.3 Å². The maximum absolute atomic E-state index is 14.3. The Labute approximate surface area is 198 Å². The zero-order valence-electron chi connectivity index (χ0n) is 19.3. The van der Waals surface area contributed by atoms with Crippen LogP contribution >= 0.6 is 0 Å². The Morgan fingerprint density at radius 1 is 1.15 bits per heavy atom. The van der Waals surface area contributed by atoms with Crippen LogP contribution in [-0.2, 0) is 11.2 Å². The zero-order valence-corrected chi connectivity index (χ0v) is 19.3. The number of hydrogen-bond donors (Lipinski definition) is 1. The Morgan fingerprint density at radius 3 is 2.65 bits per heavy atom. The summed E-state index contributed by atoms with van der Waals surface area (Å²) in [4.78, 5) is 16.3. The maximum Gasteiger partial charge on any atom is 0.306 e. The number of methoxy groups -OCH3 is 1. The average molecular weight is 462 g/mol. The molecule has 0 bridgehead atoms. The number of rotatable bonds is 7. The number of aryl methyl sites for hydroxylation is 1. The molecule has 176 valence electrons. The Bertz CT molecular complexity index is 1210. The number of fused-ring (bicyclic) bond motifs is 1. The molecule has 2 aromatic carbocycles. The molecule has 3 atom stereocenters. The molecule has 0 saturated heterocycles. The van der Waals surface area contributed by atoms with Crippen molar-refractivity contribution in [1.82, 2.24) is 4.98 Å². The number of halogens is 1. The van der Waals surface area contributed by atoms with E-state index in [0.29, 0.717) is 22.8 Å². The first-order valence-corrected chi connectivity index (χ1v) is 11.8. The van der Waals surface area contributed by atoms with Crippen molar-refractivity contribution in [3.8, 4) is 22.6 Å². The third-order valence-corrected chi connectivity index (χ3v) is 7.08. The number of nitrogens with zero attached hydrogens (tertiary/aromatic N) is 1. The fourth-order valence-corrected chi connectivity index (χ4v) is 4.99. The van der Waals surface area contributed by atoms with E-state index < -0.39 is 11.9 Å². The summed E-state index contributed by atoms with van der Waals surface area (Å²) in [5, 5.41) is 9.60. The highest BCUT2D eigenvalue weighted by Crippen LogP contribution is 2.48. The highest BCUT2D eigenvalue weighted by atomic mass is 19.1. The van der Waals surface area contributed by atoms with E-state index in [1.807, 2.05) is 18.2 Å². The molecule has 5 nitrogen and oxygen atoms in total. The lowest BCUT2D eigenvalue weighted by Gasteiger charge is -2.28. The third kappa shape index (κ3) is 4.37. The number of hydrogen-bond acceptors (Lipinski definition) is 4. The van der Waals surface area contributed by atoms with Gasteiger partial charge in [0.2, 0.25) is 0 Å². The minimum Gasteiger partial charge on any atom is -0.497 e. The molecule has 1 N–H and O–H groups in total. The molecule has 1 aliphatic heterocycles. The number of carbonyl (C=O) groups is 1. The van der Waals surface area contributed by atoms with Crippen LogP contribution in [0.4, 0.5) is 4.39 Å². The molecule has 0 spiro atoms. The minimum absolute atomic E-state index is 0.00180. The van der Waals surface area contributed by atoms with Crippen LogP contribution in [0.3, 0.4) is 0 Å². The normalized spacial score (nSPS) is 19.0. The summed E-state index contributed by atoms with van der Waals surface area (Å²) >= 11 is 0. The van der Waals surface area contributed by atoms with Crippen LogP contribution in [0.25, 0.3) is 11.1 Å².